The van der Waals surface area contributed by atoms with Crippen molar-refractivity contribution in [1.82, 2.24) is 15.5 Å². The van der Waals surface area contributed by atoms with E-state index in [0.717, 1.165) is 0 Å². The van der Waals surface area contributed by atoms with E-state index in [1.54, 1.807) is 12.1 Å². The van der Waals surface area contributed by atoms with E-state index < -0.39 is 13.0 Å². The zero-order chi connectivity index (χ0) is 23.7. The molecule has 0 radical (unpaired) electrons. The molecule has 1 aromatic carbocycles. The minimum Gasteiger partial charge on any atom is -0.408 e. The van der Waals surface area contributed by atoms with E-state index in [1.165, 1.54) is 0 Å². The summed E-state index contributed by atoms with van der Waals surface area (Å²) in [4.78, 5) is 27.2. The van der Waals surface area contributed by atoms with Gasteiger partial charge in [0.2, 0.25) is 5.91 Å². The fraction of sp³-hybridized carbons (Fsp3) is 0.600. The molecular formula is C20H29BBrCl2N3O5. The number of rotatable bonds is 9. The third-order valence-electron chi connectivity index (χ3n) is 4.88. The SMILES string of the molecule is CC(C)C[C@H](NC(=O)CNC(=O)c1c(Cl)ccc(Br)c1Cl)B1OCCN(CCO)CCO1. The van der Waals surface area contributed by atoms with Gasteiger partial charge < -0.3 is 25.0 Å². The van der Waals surface area contributed by atoms with Crippen LogP contribution < -0.4 is 10.6 Å². The number of nitrogens with zero attached hydrogens (tertiary/aromatic N) is 1. The number of hydrogen-bond donors (Lipinski definition) is 3. The van der Waals surface area contributed by atoms with Gasteiger partial charge in [0.1, 0.15) is 0 Å². The molecule has 1 aliphatic rings. The molecule has 1 saturated heterocycles. The number of carbonyl (C=O) groups excluding carboxylic acids is 2. The van der Waals surface area contributed by atoms with Crippen molar-refractivity contribution in [2.45, 2.75) is 26.2 Å². The van der Waals surface area contributed by atoms with Crippen molar-refractivity contribution in [2.24, 2.45) is 5.92 Å². The number of nitrogens with one attached hydrogen (secondary N) is 2. The second-order valence-electron chi connectivity index (χ2n) is 7.88. The number of hydrogen-bond acceptors (Lipinski definition) is 6. The Morgan fingerprint density at radius 3 is 2.50 bits per heavy atom. The van der Waals surface area contributed by atoms with Crippen LogP contribution in [-0.2, 0) is 14.1 Å². The first kappa shape index (κ1) is 27.4. The lowest BCUT2D eigenvalue weighted by molar-refractivity contribution is -0.120. The van der Waals surface area contributed by atoms with Gasteiger partial charge in [-0.25, -0.2) is 0 Å². The summed E-state index contributed by atoms with van der Waals surface area (Å²) in [5, 5.41) is 15.0. The summed E-state index contributed by atoms with van der Waals surface area (Å²) >= 11 is 15.5. The van der Waals surface area contributed by atoms with Crippen molar-refractivity contribution >= 4 is 58.1 Å². The highest BCUT2D eigenvalue weighted by molar-refractivity contribution is 9.10. The maximum atomic E-state index is 12.6. The molecule has 1 heterocycles. The molecule has 178 valence electrons. The first-order valence-electron chi connectivity index (χ1n) is 10.5. The number of benzene rings is 1. The summed E-state index contributed by atoms with van der Waals surface area (Å²) in [6.45, 7) is 6.68. The molecule has 8 nitrogen and oxygen atoms in total. The van der Waals surface area contributed by atoms with E-state index in [2.05, 4.69) is 31.5 Å². The molecule has 12 heteroatoms. The third-order valence-corrected chi connectivity index (χ3v) is 6.47. The van der Waals surface area contributed by atoms with Crippen LogP contribution in [0, 0.1) is 5.92 Å². The first-order chi connectivity index (χ1) is 15.2. The first-order valence-corrected chi connectivity index (χ1v) is 12.0. The molecule has 3 N–H and O–H groups in total. The molecule has 1 aromatic rings. The molecule has 1 fully saturated rings. The largest absolute Gasteiger partial charge is 0.480 e. The van der Waals surface area contributed by atoms with Gasteiger partial charge in [-0.15, -0.1) is 0 Å². The Morgan fingerprint density at radius 1 is 1.25 bits per heavy atom. The Balaban J connectivity index is 1.95. The summed E-state index contributed by atoms with van der Waals surface area (Å²) in [6, 6.07) is 3.19. The zero-order valence-corrected chi connectivity index (χ0v) is 21.3. The van der Waals surface area contributed by atoms with E-state index in [4.69, 9.17) is 37.6 Å². The minimum atomic E-state index is -0.595. The van der Waals surface area contributed by atoms with Crippen molar-refractivity contribution in [1.29, 1.82) is 0 Å². The Bertz CT molecular complexity index is 780. The molecule has 0 saturated carbocycles. The predicted molar refractivity (Wildman–Crippen MR) is 129 cm³/mol. The van der Waals surface area contributed by atoms with Crippen molar-refractivity contribution in [3.8, 4) is 0 Å². The standard InChI is InChI=1S/C20H29BBrCl2N3O5/c1-13(2)11-16(21-31-9-6-27(5-8-28)7-10-32-21)26-17(29)12-25-20(30)18-15(23)4-3-14(22)19(18)24/h3-4,13,16,28H,5-12H2,1-2H3,(H,25,30)(H,26,29)/t16-/m0/s1. The maximum absolute atomic E-state index is 12.6. The molecule has 0 spiro atoms. The van der Waals surface area contributed by atoms with E-state index in [9.17, 15) is 9.59 Å². The molecule has 1 aliphatic heterocycles. The molecule has 32 heavy (non-hydrogen) atoms. The summed E-state index contributed by atoms with van der Waals surface area (Å²) in [6.07, 6.45) is 0.647. The molecule has 1 atom stereocenters. The molecule has 2 amide bonds. The van der Waals surface area contributed by atoms with Crippen LogP contribution in [0.25, 0.3) is 0 Å². The molecule has 2 rings (SSSR count). The Labute approximate surface area is 207 Å². The Morgan fingerprint density at radius 2 is 1.91 bits per heavy atom. The van der Waals surface area contributed by atoms with E-state index in [0.29, 0.717) is 43.7 Å². The highest BCUT2D eigenvalue weighted by atomic mass is 79.9. The van der Waals surface area contributed by atoms with E-state index in [1.807, 2.05) is 13.8 Å². The molecule has 0 unspecified atom stereocenters. The van der Waals surface area contributed by atoms with Gasteiger partial charge in [-0.1, -0.05) is 37.0 Å². The summed E-state index contributed by atoms with van der Waals surface area (Å²) in [5.41, 5.74) is 0.105. The third kappa shape index (κ3) is 8.48. The monoisotopic (exact) mass is 551 g/mol. The number of aliphatic hydroxyl groups excluding tert-OH is 1. The van der Waals surface area contributed by atoms with Gasteiger partial charge in [-0.3, -0.25) is 14.5 Å². The van der Waals surface area contributed by atoms with E-state index >= 15 is 0 Å². The van der Waals surface area contributed by atoms with Crippen molar-refractivity contribution < 1.29 is 24.0 Å². The fourth-order valence-electron chi connectivity index (χ4n) is 3.34. The van der Waals surface area contributed by atoms with Gasteiger partial charge in [0.15, 0.2) is 0 Å². The van der Waals surface area contributed by atoms with Gasteiger partial charge in [-0.05, 0) is 40.4 Å². The van der Waals surface area contributed by atoms with Crippen LogP contribution in [0.3, 0.4) is 0 Å². The Hall–Kier alpha value is -0.875. The van der Waals surface area contributed by atoms with Crippen LogP contribution in [0.15, 0.2) is 16.6 Å². The molecule has 0 bridgehead atoms. The summed E-state index contributed by atoms with van der Waals surface area (Å²) in [5.74, 6) is -0.999. The lowest BCUT2D eigenvalue weighted by atomic mass is 9.73. The zero-order valence-electron chi connectivity index (χ0n) is 18.2. The van der Waals surface area contributed by atoms with Crippen LogP contribution in [0.4, 0.5) is 0 Å². The topological polar surface area (TPSA) is 100 Å². The second kappa shape index (κ2) is 13.7. The van der Waals surface area contributed by atoms with Crippen molar-refractivity contribution in [3.05, 3.63) is 32.2 Å². The quantitative estimate of drug-likeness (QED) is 0.321. The molecular weight excluding hydrogens is 524 g/mol. The van der Waals surface area contributed by atoms with Gasteiger partial charge in [0.25, 0.3) is 5.91 Å². The molecule has 0 aromatic heterocycles. The van der Waals surface area contributed by atoms with Crippen LogP contribution >= 0.6 is 39.1 Å². The highest BCUT2D eigenvalue weighted by Gasteiger charge is 2.33. The summed E-state index contributed by atoms with van der Waals surface area (Å²) < 4.78 is 12.3. The van der Waals surface area contributed by atoms with E-state index in [-0.39, 0.29) is 46.5 Å². The fourth-order valence-corrected chi connectivity index (χ4v) is 4.21. The number of halogens is 3. The number of aliphatic hydroxyl groups is 1. The lowest BCUT2D eigenvalue weighted by Crippen LogP contribution is -2.54. The number of amides is 2. The highest BCUT2D eigenvalue weighted by Crippen LogP contribution is 2.31. The average molecular weight is 553 g/mol. The Kier molecular flexibility index (Phi) is 11.8. The van der Waals surface area contributed by atoms with Gasteiger partial charge >= 0.3 is 7.12 Å². The van der Waals surface area contributed by atoms with Crippen molar-refractivity contribution in [3.63, 3.8) is 0 Å². The number of β-amino-alcohol motifs (C(OH)–C–C–N with tert-alkyl or cyclic N) is 1. The van der Waals surface area contributed by atoms with Gasteiger partial charge in [-0.2, -0.15) is 0 Å². The van der Waals surface area contributed by atoms with Crippen LogP contribution in [0.5, 0.6) is 0 Å². The smallest absolute Gasteiger partial charge is 0.408 e. The minimum absolute atomic E-state index is 0.0809. The lowest BCUT2D eigenvalue weighted by Gasteiger charge is -2.31. The number of carbonyl (C=O) groups is 2. The predicted octanol–water partition coefficient (Wildman–Crippen LogP) is 2.39. The molecule has 0 aliphatic carbocycles. The summed E-state index contributed by atoms with van der Waals surface area (Å²) in [7, 11) is -0.595. The van der Waals surface area contributed by atoms with Crippen molar-refractivity contribution in [2.75, 3.05) is 46.0 Å². The van der Waals surface area contributed by atoms with Gasteiger partial charge in [0.05, 0.1) is 34.7 Å². The van der Waals surface area contributed by atoms with Gasteiger partial charge in [0, 0.05) is 37.3 Å². The average Bonchev–Trinajstić information content (AvgIpc) is 2.70. The normalized spacial score (nSPS) is 16.4. The van der Waals surface area contributed by atoms with Crippen LogP contribution in [0.2, 0.25) is 10.0 Å². The maximum Gasteiger partial charge on any atom is 0.480 e. The van der Waals surface area contributed by atoms with Crippen LogP contribution in [0.1, 0.15) is 30.6 Å². The van der Waals surface area contributed by atoms with Crippen LogP contribution in [-0.4, -0.2) is 80.9 Å². The second-order valence-corrected chi connectivity index (χ2v) is 9.52.